The minimum atomic E-state index is -0.668. The summed E-state index contributed by atoms with van der Waals surface area (Å²) in [5.41, 5.74) is 0. The molecule has 6 heteroatoms. The zero-order valence-corrected chi connectivity index (χ0v) is 57.4. The molecule has 0 aliphatic heterocycles. The fourth-order valence-corrected chi connectivity index (χ4v) is 12.0. The van der Waals surface area contributed by atoms with Gasteiger partial charge in [-0.2, -0.15) is 0 Å². The summed E-state index contributed by atoms with van der Waals surface area (Å²) < 4.78 is 5.48. The average molecular weight is 1190 g/mol. The predicted molar refractivity (Wildman–Crippen MR) is 375 cm³/mol. The number of esters is 1. The molecule has 6 nitrogen and oxygen atoms in total. The third-order valence-electron chi connectivity index (χ3n) is 17.9. The number of rotatable bonds is 72. The van der Waals surface area contributed by atoms with Gasteiger partial charge in [-0.05, 0) is 83.5 Å². The van der Waals surface area contributed by atoms with Gasteiger partial charge in [0.15, 0.2) is 0 Å². The maximum Gasteiger partial charge on any atom is 0.305 e. The number of ether oxygens (including phenoxy) is 1. The molecule has 0 rings (SSSR count). The lowest BCUT2D eigenvalue weighted by atomic mass is 10.0. The zero-order valence-electron chi connectivity index (χ0n) is 57.4. The highest BCUT2D eigenvalue weighted by Gasteiger charge is 2.20. The van der Waals surface area contributed by atoms with Crippen LogP contribution in [0.25, 0.3) is 0 Å². The fraction of sp³-hybridized carbons (Fsp3) is 0.873. The number of amides is 1. The Balaban J connectivity index is 3.41. The predicted octanol–water partition coefficient (Wildman–Crippen LogP) is 25.2. The van der Waals surface area contributed by atoms with E-state index in [0.717, 1.165) is 57.8 Å². The van der Waals surface area contributed by atoms with Crippen LogP contribution in [0, 0.1) is 0 Å². The van der Waals surface area contributed by atoms with E-state index < -0.39 is 12.1 Å². The number of aliphatic hydroxyl groups is 2. The first kappa shape index (κ1) is 82.8. The number of unbranched alkanes of at least 4 members (excludes halogenated alkanes) is 53. The highest BCUT2D eigenvalue weighted by molar-refractivity contribution is 5.76. The molecule has 0 aliphatic rings. The fourth-order valence-electron chi connectivity index (χ4n) is 12.0. The summed E-state index contributed by atoms with van der Waals surface area (Å²) in [6, 6.07) is -0.545. The average Bonchev–Trinajstić information content (AvgIpc) is 3.51. The quantitative estimate of drug-likeness (QED) is 0.0320. The van der Waals surface area contributed by atoms with Crippen LogP contribution in [0.1, 0.15) is 418 Å². The molecule has 1 amide bonds. The van der Waals surface area contributed by atoms with Crippen LogP contribution in [0.5, 0.6) is 0 Å². The molecule has 0 aliphatic carbocycles. The molecular weight excluding hydrogens is 1040 g/mol. The third kappa shape index (κ3) is 70.8. The molecule has 0 heterocycles. The van der Waals surface area contributed by atoms with Crippen LogP contribution in [-0.4, -0.2) is 47.4 Å². The third-order valence-corrected chi connectivity index (χ3v) is 17.9. The van der Waals surface area contributed by atoms with Gasteiger partial charge in [0, 0.05) is 12.8 Å². The van der Waals surface area contributed by atoms with Crippen LogP contribution in [0.2, 0.25) is 0 Å². The number of allylic oxidation sites excluding steroid dienone is 8. The number of carbonyl (C=O) groups excluding carboxylic acids is 2. The second kappa shape index (κ2) is 74.3. The normalized spacial score (nSPS) is 12.8. The van der Waals surface area contributed by atoms with E-state index in [1.807, 2.05) is 0 Å². The van der Waals surface area contributed by atoms with Gasteiger partial charge in [0.2, 0.25) is 5.91 Å². The van der Waals surface area contributed by atoms with E-state index in [4.69, 9.17) is 4.74 Å². The smallest absolute Gasteiger partial charge is 0.305 e. The van der Waals surface area contributed by atoms with Gasteiger partial charge in [0.05, 0.1) is 25.4 Å². The summed E-state index contributed by atoms with van der Waals surface area (Å²) in [7, 11) is 0. The van der Waals surface area contributed by atoms with E-state index in [0.29, 0.717) is 25.9 Å². The molecule has 2 atom stereocenters. The van der Waals surface area contributed by atoms with Gasteiger partial charge in [-0.25, -0.2) is 0 Å². The Hall–Kier alpha value is -2.18. The maximum atomic E-state index is 12.6. The molecule has 2 unspecified atom stereocenters. The van der Waals surface area contributed by atoms with Gasteiger partial charge in [0.25, 0.3) is 0 Å². The molecule has 0 spiro atoms. The summed E-state index contributed by atoms with van der Waals surface area (Å²) in [6.07, 6.45) is 97.6. The zero-order chi connectivity index (χ0) is 61.3. The van der Waals surface area contributed by atoms with Crippen LogP contribution >= 0.6 is 0 Å². The van der Waals surface area contributed by atoms with Crippen molar-refractivity contribution in [2.45, 2.75) is 431 Å². The maximum absolute atomic E-state index is 12.6. The van der Waals surface area contributed by atoms with E-state index >= 15 is 0 Å². The SMILES string of the molecule is CCCC/C=C\C/C=C\CCCCCCCC(=O)OCCCCCCCCCCC/C=C\C/C=C\CCCCCCCCCCCCCCCC(=O)NC(CO)C(O)CCCCCCCCCCCCCCCCCCCCCCCCCCC. The summed E-state index contributed by atoms with van der Waals surface area (Å²) in [5, 5.41) is 23.5. The largest absolute Gasteiger partial charge is 0.466 e. The Kier molecular flexibility index (Phi) is 72.4. The van der Waals surface area contributed by atoms with Crippen molar-refractivity contribution in [2.24, 2.45) is 0 Å². The van der Waals surface area contributed by atoms with Gasteiger partial charge in [-0.1, -0.05) is 371 Å². The topological polar surface area (TPSA) is 95.9 Å². The molecule has 0 aromatic rings. The molecule has 0 fully saturated rings. The van der Waals surface area contributed by atoms with Crippen molar-refractivity contribution in [2.75, 3.05) is 13.2 Å². The molecule has 0 saturated carbocycles. The van der Waals surface area contributed by atoms with Crippen molar-refractivity contribution >= 4 is 11.9 Å². The molecule has 3 N–H and O–H groups in total. The molecule has 0 saturated heterocycles. The van der Waals surface area contributed by atoms with Gasteiger partial charge in [0.1, 0.15) is 0 Å². The van der Waals surface area contributed by atoms with Crippen LogP contribution in [-0.2, 0) is 14.3 Å². The molecule has 85 heavy (non-hydrogen) atoms. The van der Waals surface area contributed by atoms with Crippen molar-refractivity contribution in [3.8, 4) is 0 Å². The highest BCUT2D eigenvalue weighted by Crippen LogP contribution is 2.19. The van der Waals surface area contributed by atoms with E-state index in [-0.39, 0.29) is 18.5 Å². The molecule has 0 radical (unpaired) electrons. The Morgan fingerprint density at radius 1 is 0.329 bits per heavy atom. The van der Waals surface area contributed by atoms with Gasteiger partial charge in [-0.15, -0.1) is 0 Å². The molecular formula is C79H149NO5. The van der Waals surface area contributed by atoms with Crippen molar-refractivity contribution in [3.63, 3.8) is 0 Å². The summed E-state index contributed by atoms with van der Waals surface area (Å²) in [6.45, 7) is 4.94. The van der Waals surface area contributed by atoms with Crippen molar-refractivity contribution < 1.29 is 24.5 Å². The number of aliphatic hydroxyl groups excluding tert-OH is 2. The highest BCUT2D eigenvalue weighted by atomic mass is 16.5. The lowest BCUT2D eigenvalue weighted by molar-refractivity contribution is -0.143. The number of carbonyl (C=O) groups is 2. The Labute approximate surface area is 531 Å². The van der Waals surface area contributed by atoms with Gasteiger partial charge in [-0.3, -0.25) is 9.59 Å². The van der Waals surface area contributed by atoms with Crippen LogP contribution in [0.15, 0.2) is 48.6 Å². The van der Waals surface area contributed by atoms with Crippen LogP contribution in [0.4, 0.5) is 0 Å². The Morgan fingerprint density at radius 3 is 0.929 bits per heavy atom. The molecule has 0 bridgehead atoms. The Morgan fingerprint density at radius 2 is 0.600 bits per heavy atom. The first-order valence-electron chi connectivity index (χ1n) is 38.4. The van der Waals surface area contributed by atoms with Gasteiger partial charge < -0.3 is 20.3 Å². The standard InChI is InChI=1S/C79H149NO5/c1-3-5-7-9-11-13-15-17-19-20-21-22-23-29-32-35-38-41-44-47-51-55-59-63-67-71-77(82)76(75-81)80-78(83)72-68-64-60-56-52-48-45-42-39-36-33-30-27-25-24-26-28-31-34-37-40-43-46-50-54-58-62-66-70-74-85-79(84)73-69-65-61-57-53-49-18-16-14-12-10-8-6-4-2/h10,12,16,18,24,26,31,34,76-77,81-82H,3-9,11,13-15,17,19-23,25,27-30,32-33,35-75H2,1-2H3,(H,80,83)/b12-10-,18-16-,26-24-,34-31-. The van der Waals surface area contributed by atoms with Gasteiger partial charge >= 0.3 is 5.97 Å². The number of hydrogen-bond donors (Lipinski definition) is 3. The first-order chi connectivity index (χ1) is 42.0. The summed E-state index contributed by atoms with van der Waals surface area (Å²) in [5.74, 6) is -0.0336. The van der Waals surface area contributed by atoms with Crippen LogP contribution in [0.3, 0.4) is 0 Å². The van der Waals surface area contributed by atoms with E-state index in [1.54, 1.807) is 0 Å². The molecule has 0 aromatic carbocycles. The van der Waals surface area contributed by atoms with E-state index in [2.05, 4.69) is 67.8 Å². The second-order valence-electron chi connectivity index (χ2n) is 26.3. The number of hydrogen-bond acceptors (Lipinski definition) is 5. The van der Waals surface area contributed by atoms with Crippen molar-refractivity contribution in [1.29, 1.82) is 0 Å². The minimum Gasteiger partial charge on any atom is -0.466 e. The molecule has 0 aromatic heterocycles. The van der Waals surface area contributed by atoms with Crippen molar-refractivity contribution in [1.82, 2.24) is 5.32 Å². The first-order valence-corrected chi connectivity index (χ1v) is 38.4. The number of nitrogens with one attached hydrogen (secondary N) is 1. The van der Waals surface area contributed by atoms with Crippen molar-refractivity contribution in [3.05, 3.63) is 48.6 Å². The minimum absolute atomic E-state index is 0.00224. The van der Waals surface area contributed by atoms with E-state index in [9.17, 15) is 19.8 Å². The second-order valence-corrected chi connectivity index (χ2v) is 26.3. The lowest BCUT2D eigenvalue weighted by Crippen LogP contribution is -2.45. The van der Waals surface area contributed by atoms with Crippen LogP contribution < -0.4 is 5.32 Å². The van der Waals surface area contributed by atoms with E-state index in [1.165, 1.54) is 327 Å². The summed E-state index contributed by atoms with van der Waals surface area (Å²) >= 11 is 0. The lowest BCUT2D eigenvalue weighted by Gasteiger charge is -2.22. The monoisotopic (exact) mass is 1190 g/mol. The molecule has 500 valence electrons. The Bertz CT molecular complexity index is 1420. The summed E-state index contributed by atoms with van der Waals surface area (Å²) in [4.78, 5) is 24.6.